The van der Waals surface area contributed by atoms with Crippen LogP contribution in [0.5, 0.6) is 0 Å². The van der Waals surface area contributed by atoms with Crippen LogP contribution in [0, 0.1) is 5.41 Å². The molecule has 0 heterocycles. The Balaban J connectivity index is -0.0000000264. The summed E-state index contributed by atoms with van der Waals surface area (Å²) in [6, 6.07) is 0. The summed E-state index contributed by atoms with van der Waals surface area (Å²) in [6.45, 7) is -10.9. The van der Waals surface area contributed by atoms with Gasteiger partial charge >= 0.3 is 24.1 Å². The molecule has 0 N–H and O–H groups in total. The smallest absolute Gasteiger partial charge is 0.255 e. The van der Waals surface area contributed by atoms with Crippen molar-refractivity contribution in [1.82, 2.24) is 0 Å². The normalized spacial score (nSPS) is 8.92. The maximum atomic E-state index is 12.3. The third-order valence-electron chi connectivity index (χ3n) is 4.71. The minimum atomic E-state index is -4.45. The van der Waals surface area contributed by atoms with Crippen LogP contribution in [0.25, 0.3) is 0 Å². The van der Waals surface area contributed by atoms with Crippen LogP contribution in [0.1, 0.15) is 52.9 Å². The van der Waals surface area contributed by atoms with Gasteiger partial charge < -0.3 is 0 Å². The van der Waals surface area contributed by atoms with Crippen molar-refractivity contribution in [2.24, 2.45) is 5.41 Å². The first-order valence-corrected chi connectivity index (χ1v) is 17.1. The van der Waals surface area contributed by atoms with E-state index < -0.39 is 108 Å². The SMILES string of the molecule is C.CC(F)(F)C(CF)(CF)C(F)F.CF.CF.CF.CF.CF.CF.CF.CF.CF.CF.CF.CF.CF.CF.FCCC(F)(F)C(F)(F)CCF.FCCC(F)(F)OC(F)(F)CCF.FCCCCF. The highest BCUT2D eigenvalue weighted by atomic mass is 19.3. The Bertz CT molecular complexity index is 631. The maximum Gasteiger partial charge on any atom is 0.362 e. The maximum absolute atomic E-state index is 12.3. The molecule has 0 aromatic heterocycles. The van der Waals surface area contributed by atoms with Crippen molar-refractivity contribution < 1.29 is 154 Å². The first-order valence-electron chi connectivity index (χ1n) is 17.1. The average molecular weight is 1180 g/mol. The van der Waals surface area contributed by atoms with Gasteiger partial charge in [-0.05, 0) is 12.8 Å². The van der Waals surface area contributed by atoms with Crippen molar-refractivity contribution in [3.8, 4) is 0 Å². The minimum absolute atomic E-state index is 0. The zero-order chi connectivity index (χ0) is 63.2. The topological polar surface area (TPSA) is 9.23 Å². The molecule has 0 aromatic carbocycles. The Morgan fingerprint density at radius 2 is 0.472 bits per heavy atom. The number of ether oxygens (including phenoxy) is 1. The minimum Gasteiger partial charge on any atom is -0.255 e. The summed E-state index contributed by atoms with van der Waals surface area (Å²) in [7, 11) is 7.00. The summed E-state index contributed by atoms with van der Waals surface area (Å²) in [5, 5.41) is 0. The van der Waals surface area contributed by atoms with E-state index in [4.69, 9.17) is 0 Å². The van der Waals surface area contributed by atoms with Crippen LogP contribution >= 0.6 is 0 Å². The molecule has 35 heteroatoms. The molecule has 0 aliphatic rings. The van der Waals surface area contributed by atoms with Crippen LogP contribution < -0.4 is 0 Å². The summed E-state index contributed by atoms with van der Waals surface area (Å²) < 4.78 is 373. The standard InChI is InChI=1S/C6H8F6O.2C6H8F6.C4H8F2.14CH3F.CH4/c7-3-1-5(9,10)13-6(11,12)2-4-8;1-5(11,12)6(2-7,3-8)4(9)10;7-3-1-5(9,10)6(11,12)2-4-8;5-3-1-2-4-6;14*1-2;/h1-4H2;4H,2-3H2,1H3;1-4H2;1-4H2;14*1H3;1H4. The van der Waals surface area contributed by atoms with Crippen molar-refractivity contribution in [2.45, 2.75) is 89.3 Å². The fourth-order valence-corrected chi connectivity index (χ4v) is 1.91. The van der Waals surface area contributed by atoms with Gasteiger partial charge in [-0.3, -0.25) is 92.5 Å². The number of unbranched alkanes of at least 4 members (excludes halogenated alkanes) is 1. The molecule has 0 fully saturated rings. The summed E-state index contributed by atoms with van der Waals surface area (Å²) in [5.41, 5.74) is -3.48. The quantitative estimate of drug-likeness (QED) is 0.0982. The van der Waals surface area contributed by atoms with Crippen LogP contribution in [0.15, 0.2) is 0 Å². The molecule has 0 atom stereocenters. The summed E-state index contributed by atoms with van der Waals surface area (Å²) in [4.78, 5) is 0. The molecule has 1 nitrogen and oxygen atoms in total. The average Bonchev–Trinajstić information content (AvgIpc) is 3.39. The van der Waals surface area contributed by atoms with Crippen molar-refractivity contribution in [2.75, 3.05) is 154 Å². The Kier molecular flexibility index (Phi) is 209. The third kappa shape index (κ3) is 108. The second-order valence-electron chi connectivity index (χ2n) is 8.24. The van der Waals surface area contributed by atoms with E-state index in [9.17, 15) is 149 Å². The monoisotopic (exact) mass is 1180 g/mol. The van der Waals surface area contributed by atoms with Gasteiger partial charge in [0.2, 0.25) is 0 Å². The number of halogens is 34. The molecule has 0 aromatic rings. The lowest BCUT2D eigenvalue weighted by Crippen LogP contribution is -2.48. The zero-order valence-electron chi connectivity index (χ0n) is 41.7. The van der Waals surface area contributed by atoms with Crippen LogP contribution in [0.2, 0.25) is 0 Å². The number of hydrogen-bond donors (Lipinski definition) is 0. The van der Waals surface area contributed by atoms with Gasteiger partial charge in [0.05, 0.1) is 153 Å². The summed E-state index contributed by atoms with van der Waals surface area (Å²) in [6.07, 6.45) is -17.6. The van der Waals surface area contributed by atoms with E-state index in [0.29, 0.717) is 113 Å². The highest BCUT2D eigenvalue weighted by Crippen LogP contribution is 2.43. The number of alkyl halides is 34. The van der Waals surface area contributed by atoms with E-state index in [1.54, 1.807) is 0 Å². The first-order chi connectivity index (χ1) is 33.4. The largest absolute Gasteiger partial charge is 0.362 e. The van der Waals surface area contributed by atoms with E-state index in [2.05, 4.69) is 4.74 Å². The van der Waals surface area contributed by atoms with Gasteiger partial charge in [0.1, 0.15) is 13.3 Å². The van der Waals surface area contributed by atoms with Crippen LogP contribution in [0.4, 0.5) is 149 Å². The predicted octanol–water partition coefficient (Wildman–Crippen LogP) is 19.3. The van der Waals surface area contributed by atoms with Crippen molar-refractivity contribution in [3.05, 3.63) is 0 Å². The van der Waals surface area contributed by atoms with Crippen LogP contribution in [0.3, 0.4) is 0 Å². The van der Waals surface area contributed by atoms with Crippen LogP contribution in [-0.2, 0) is 4.74 Å². The van der Waals surface area contributed by atoms with Gasteiger partial charge in [0, 0.05) is 19.8 Å². The van der Waals surface area contributed by atoms with E-state index in [0.717, 1.165) is 0 Å². The fourth-order valence-electron chi connectivity index (χ4n) is 1.91. The number of rotatable bonds is 18. The first kappa shape index (κ1) is 128. The third-order valence-corrected chi connectivity index (χ3v) is 4.71. The highest BCUT2D eigenvalue weighted by Gasteiger charge is 2.58. The molecule has 0 radical (unpaired) electrons. The van der Waals surface area contributed by atoms with E-state index in [-0.39, 0.29) is 27.7 Å². The molecule has 0 saturated carbocycles. The summed E-state index contributed by atoms with van der Waals surface area (Å²) >= 11 is 0. The Morgan fingerprint density at radius 3 is 0.556 bits per heavy atom. The summed E-state index contributed by atoms with van der Waals surface area (Å²) in [5.74, 6) is -13.0. The molecule has 470 valence electrons. The lowest BCUT2D eigenvalue weighted by atomic mass is 9.85. The molecular weight excluding hydrogens is 1110 g/mol. The van der Waals surface area contributed by atoms with Gasteiger partial charge in [-0.15, -0.1) is 0 Å². The molecule has 0 unspecified atom stereocenters. The lowest BCUT2D eigenvalue weighted by Gasteiger charge is -2.32. The van der Waals surface area contributed by atoms with Crippen molar-refractivity contribution >= 4 is 0 Å². The van der Waals surface area contributed by atoms with Gasteiger partial charge in [0.25, 0.3) is 12.3 Å². The van der Waals surface area contributed by atoms with E-state index in [1.165, 1.54) is 0 Å². The van der Waals surface area contributed by atoms with Gasteiger partial charge in [-0.25, -0.2) is 26.3 Å². The lowest BCUT2D eigenvalue weighted by molar-refractivity contribution is -0.378. The predicted molar refractivity (Wildman–Crippen MR) is 221 cm³/mol. The van der Waals surface area contributed by atoms with Gasteiger partial charge in [0.15, 0.2) is 5.41 Å². The fraction of sp³-hybridized carbons (Fsp3) is 1.00. The Hall–Kier alpha value is -2.42. The van der Waals surface area contributed by atoms with Crippen molar-refractivity contribution in [1.29, 1.82) is 0 Å². The van der Waals surface area contributed by atoms with Crippen LogP contribution in [-0.4, -0.2) is 190 Å². The molecule has 0 amide bonds. The number of hydrogen-bond acceptors (Lipinski definition) is 1. The van der Waals surface area contributed by atoms with Gasteiger partial charge in [-0.2, -0.15) is 35.1 Å². The second kappa shape index (κ2) is 118. The highest BCUT2D eigenvalue weighted by molar-refractivity contribution is 4.91. The molecule has 72 heavy (non-hydrogen) atoms. The van der Waals surface area contributed by atoms with Crippen molar-refractivity contribution in [3.63, 3.8) is 0 Å². The molecule has 0 spiro atoms. The Labute approximate surface area is 403 Å². The molecule has 0 aliphatic heterocycles. The molecule has 0 saturated heterocycles. The van der Waals surface area contributed by atoms with E-state index >= 15 is 0 Å². The molecule has 0 bridgehead atoms. The van der Waals surface area contributed by atoms with E-state index in [1.807, 2.05) is 0 Å². The molecule has 0 rings (SSSR count). The molecular formula is C37H78F34O. The Morgan fingerprint density at radius 1 is 0.306 bits per heavy atom. The second-order valence-corrected chi connectivity index (χ2v) is 8.24. The van der Waals surface area contributed by atoms with Gasteiger partial charge in [-0.1, -0.05) is 7.43 Å². The zero-order valence-corrected chi connectivity index (χ0v) is 41.7. The molecule has 0 aliphatic carbocycles.